The van der Waals surface area contributed by atoms with E-state index in [1.807, 2.05) is 37.4 Å². The van der Waals surface area contributed by atoms with E-state index >= 15 is 0 Å². The van der Waals surface area contributed by atoms with Crippen LogP contribution in [0.2, 0.25) is 0 Å². The fourth-order valence-corrected chi connectivity index (χ4v) is 3.48. The second kappa shape index (κ2) is 5.79. The molecule has 1 aromatic carbocycles. The summed E-state index contributed by atoms with van der Waals surface area (Å²) in [6, 6.07) is 9.65. The molecule has 0 bridgehead atoms. The molecule has 0 amide bonds. The Balaban J connectivity index is 2.08. The average molecular weight is 269 g/mol. The summed E-state index contributed by atoms with van der Waals surface area (Å²) in [5.41, 5.74) is 1.01. The largest absolute Gasteiger partial charge is 0.319 e. The molecule has 0 radical (unpaired) electrons. The Labute approximate surface area is 108 Å². The Morgan fingerprint density at radius 3 is 2.78 bits per heavy atom. The lowest BCUT2D eigenvalue weighted by Crippen LogP contribution is -2.52. The molecule has 1 saturated heterocycles. The van der Waals surface area contributed by atoms with E-state index in [0.29, 0.717) is 25.6 Å². The summed E-state index contributed by atoms with van der Waals surface area (Å²) in [6.07, 6.45) is 0. The SMILES string of the molecule is CNCC1CNS(=O)(=O)N(Cc2ccccc2)C1. The van der Waals surface area contributed by atoms with Gasteiger partial charge in [-0.1, -0.05) is 30.3 Å². The molecule has 2 rings (SSSR count). The van der Waals surface area contributed by atoms with Gasteiger partial charge in [-0.15, -0.1) is 0 Å². The van der Waals surface area contributed by atoms with Crippen LogP contribution < -0.4 is 10.0 Å². The van der Waals surface area contributed by atoms with Crippen molar-refractivity contribution < 1.29 is 8.42 Å². The van der Waals surface area contributed by atoms with Crippen molar-refractivity contribution in [2.24, 2.45) is 5.92 Å². The summed E-state index contributed by atoms with van der Waals surface area (Å²) < 4.78 is 28.0. The van der Waals surface area contributed by atoms with Crippen LogP contribution in [0.4, 0.5) is 0 Å². The number of rotatable bonds is 4. The zero-order valence-electron chi connectivity index (χ0n) is 10.5. The van der Waals surface area contributed by atoms with Crippen LogP contribution in [0.3, 0.4) is 0 Å². The van der Waals surface area contributed by atoms with E-state index in [1.165, 1.54) is 4.31 Å². The molecular weight excluding hydrogens is 250 g/mol. The molecule has 1 aliphatic heterocycles. The number of hydrogen-bond acceptors (Lipinski definition) is 3. The maximum absolute atomic E-state index is 11.9. The lowest BCUT2D eigenvalue weighted by Gasteiger charge is -2.32. The number of benzene rings is 1. The Kier molecular flexibility index (Phi) is 4.34. The lowest BCUT2D eigenvalue weighted by atomic mass is 10.1. The van der Waals surface area contributed by atoms with Crippen molar-refractivity contribution in [3.63, 3.8) is 0 Å². The topological polar surface area (TPSA) is 61.4 Å². The minimum atomic E-state index is -3.32. The third-order valence-corrected chi connectivity index (χ3v) is 4.54. The minimum absolute atomic E-state index is 0.308. The highest BCUT2D eigenvalue weighted by molar-refractivity contribution is 7.87. The summed E-state index contributed by atoms with van der Waals surface area (Å²) in [5, 5.41) is 3.09. The van der Waals surface area contributed by atoms with Gasteiger partial charge < -0.3 is 5.32 Å². The van der Waals surface area contributed by atoms with E-state index in [2.05, 4.69) is 10.0 Å². The minimum Gasteiger partial charge on any atom is -0.319 e. The predicted molar refractivity (Wildman–Crippen MR) is 71.2 cm³/mol. The molecule has 5 nitrogen and oxygen atoms in total. The molecule has 1 aliphatic rings. The van der Waals surface area contributed by atoms with E-state index < -0.39 is 10.2 Å². The molecule has 1 fully saturated rings. The highest BCUT2D eigenvalue weighted by Gasteiger charge is 2.30. The molecule has 1 aromatic rings. The number of nitrogens with zero attached hydrogens (tertiary/aromatic N) is 1. The highest BCUT2D eigenvalue weighted by atomic mass is 32.2. The molecule has 0 aromatic heterocycles. The van der Waals surface area contributed by atoms with Crippen LogP contribution in [0, 0.1) is 5.92 Å². The van der Waals surface area contributed by atoms with Crippen LogP contribution in [-0.2, 0) is 16.8 Å². The zero-order valence-corrected chi connectivity index (χ0v) is 11.3. The summed E-state index contributed by atoms with van der Waals surface area (Å²) >= 11 is 0. The third kappa shape index (κ3) is 3.29. The van der Waals surface area contributed by atoms with Crippen LogP contribution in [-0.4, -0.2) is 39.4 Å². The fourth-order valence-electron chi connectivity index (χ4n) is 2.13. The van der Waals surface area contributed by atoms with Crippen LogP contribution in [0.15, 0.2) is 30.3 Å². The van der Waals surface area contributed by atoms with E-state index in [1.54, 1.807) is 0 Å². The van der Waals surface area contributed by atoms with Gasteiger partial charge in [0.1, 0.15) is 0 Å². The molecule has 100 valence electrons. The van der Waals surface area contributed by atoms with Crippen molar-refractivity contribution in [3.05, 3.63) is 35.9 Å². The van der Waals surface area contributed by atoms with Gasteiger partial charge in [0.15, 0.2) is 0 Å². The molecule has 6 heteroatoms. The van der Waals surface area contributed by atoms with Crippen LogP contribution in [0.25, 0.3) is 0 Å². The van der Waals surface area contributed by atoms with E-state index in [4.69, 9.17) is 0 Å². The van der Waals surface area contributed by atoms with Crippen molar-refractivity contribution in [1.29, 1.82) is 0 Å². The number of hydrogen-bond donors (Lipinski definition) is 2. The third-order valence-electron chi connectivity index (χ3n) is 3.05. The molecule has 2 N–H and O–H groups in total. The molecule has 0 spiro atoms. The maximum atomic E-state index is 11.9. The smallest absolute Gasteiger partial charge is 0.279 e. The van der Waals surface area contributed by atoms with Gasteiger partial charge in [0.05, 0.1) is 0 Å². The van der Waals surface area contributed by atoms with E-state index in [0.717, 1.165) is 12.1 Å². The van der Waals surface area contributed by atoms with Gasteiger partial charge in [0, 0.05) is 26.2 Å². The molecule has 1 atom stereocenters. The quantitative estimate of drug-likeness (QED) is 0.819. The van der Waals surface area contributed by atoms with E-state index in [9.17, 15) is 8.42 Å². The standard InChI is InChI=1S/C12H19N3O2S/c1-13-7-12-8-14-18(16,17)15(10-12)9-11-5-3-2-4-6-11/h2-6,12-14H,7-10H2,1H3. The van der Waals surface area contributed by atoms with Crippen molar-refractivity contribution >= 4 is 10.2 Å². The highest BCUT2D eigenvalue weighted by Crippen LogP contribution is 2.15. The first kappa shape index (κ1) is 13.5. The average Bonchev–Trinajstić information content (AvgIpc) is 2.35. The lowest BCUT2D eigenvalue weighted by molar-refractivity contribution is 0.298. The Morgan fingerprint density at radius 1 is 1.39 bits per heavy atom. The van der Waals surface area contributed by atoms with Gasteiger partial charge in [0.25, 0.3) is 10.2 Å². The fraction of sp³-hybridized carbons (Fsp3) is 0.500. The van der Waals surface area contributed by atoms with Gasteiger partial charge in [-0.25, -0.2) is 4.72 Å². The Bertz CT molecular complexity index is 475. The molecule has 1 unspecified atom stereocenters. The Morgan fingerprint density at radius 2 is 2.11 bits per heavy atom. The monoisotopic (exact) mass is 269 g/mol. The van der Waals surface area contributed by atoms with Gasteiger partial charge in [-0.3, -0.25) is 0 Å². The van der Waals surface area contributed by atoms with Crippen molar-refractivity contribution in [3.8, 4) is 0 Å². The maximum Gasteiger partial charge on any atom is 0.279 e. The van der Waals surface area contributed by atoms with Crippen molar-refractivity contribution in [2.45, 2.75) is 6.54 Å². The summed E-state index contributed by atoms with van der Waals surface area (Å²) in [7, 11) is -1.44. The summed E-state index contributed by atoms with van der Waals surface area (Å²) in [4.78, 5) is 0. The molecule has 18 heavy (non-hydrogen) atoms. The van der Waals surface area contributed by atoms with Crippen molar-refractivity contribution in [2.75, 3.05) is 26.7 Å². The number of nitrogens with one attached hydrogen (secondary N) is 2. The molecule has 0 saturated carbocycles. The summed E-state index contributed by atoms with van der Waals surface area (Å²) in [5.74, 6) is 0.308. The second-order valence-electron chi connectivity index (χ2n) is 4.56. The predicted octanol–water partition coefficient (Wildman–Crippen LogP) is 0.172. The van der Waals surface area contributed by atoms with Crippen molar-refractivity contribution in [1.82, 2.24) is 14.3 Å². The normalized spacial score (nSPS) is 23.9. The molecule has 1 heterocycles. The first-order valence-electron chi connectivity index (χ1n) is 6.05. The van der Waals surface area contributed by atoms with Gasteiger partial charge in [-0.05, 0) is 18.5 Å². The first-order valence-corrected chi connectivity index (χ1v) is 7.49. The van der Waals surface area contributed by atoms with E-state index in [-0.39, 0.29) is 0 Å². The molecule has 0 aliphatic carbocycles. The molecular formula is C12H19N3O2S. The van der Waals surface area contributed by atoms with Crippen LogP contribution >= 0.6 is 0 Å². The van der Waals surface area contributed by atoms with Crippen LogP contribution in [0.1, 0.15) is 5.56 Å². The van der Waals surface area contributed by atoms with Crippen LogP contribution in [0.5, 0.6) is 0 Å². The van der Waals surface area contributed by atoms with Gasteiger partial charge in [-0.2, -0.15) is 12.7 Å². The van der Waals surface area contributed by atoms with Gasteiger partial charge >= 0.3 is 0 Å². The Hall–Kier alpha value is -0.950. The zero-order chi connectivity index (χ0) is 13.0. The first-order chi connectivity index (χ1) is 8.62. The van der Waals surface area contributed by atoms with Gasteiger partial charge in [0.2, 0.25) is 0 Å². The summed E-state index contributed by atoms with van der Waals surface area (Å²) in [6.45, 7) is 2.31. The second-order valence-corrected chi connectivity index (χ2v) is 6.31.